The molecule has 2 unspecified atom stereocenters. The molecule has 1 aliphatic carbocycles. The molecule has 3 nitrogen and oxygen atoms in total. The second kappa shape index (κ2) is 5.53. The summed E-state index contributed by atoms with van der Waals surface area (Å²) in [6.07, 6.45) is 3.78. The van der Waals surface area contributed by atoms with Crippen molar-refractivity contribution in [1.29, 1.82) is 0 Å². The predicted octanol–water partition coefficient (Wildman–Crippen LogP) is 2.36. The van der Waals surface area contributed by atoms with E-state index in [4.69, 9.17) is 0 Å². The van der Waals surface area contributed by atoms with Crippen LogP contribution in [-0.4, -0.2) is 23.2 Å². The van der Waals surface area contributed by atoms with Gasteiger partial charge in [-0.1, -0.05) is 38.0 Å². The van der Waals surface area contributed by atoms with E-state index in [0.717, 1.165) is 19.3 Å². The summed E-state index contributed by atoms with van der Waals surface area (Å²) in [5.74, 6) is 0.430. The maximum atomic E-state index is 11.9. The van der Waals surface area contributed by atoms with E-state index in [-0.39, 0.29) is 5.91 Å². The molecule has 2 rings (SSSR count). The quantitative estimate of drug-likeness (QED) is 0.861. The molecule has 1 aromatic rings. The van der Waals surface area contributed by atoms with E-state index < -0.39 is 5.60 Å². The van der Waals surface area contributed by atoms with E-state index in [0.29, 0.717) is 18.0 Å². The standard InChI is InChI=1S/C15H21NO2/c1-12-6-5-9-15(18,10-12)11-16-14(17)13-7-3-2-4-8-13/h2-4,7-8,12,18H,5-6,9-11H2,1H3,(H,16,17). The average Bonchev–Trinajstić information content (AvgIpc) is 2.37. The monoisotopic (exact) mass is 247 g/mol. The van der Waals surface area contributed by atoms with Gasteiger partial charge in [-0.2, -0.15) is 0 Å². The number of amides is 1. The number of rotatable bonds is 3. The molecule has 0 spiro atoms. The summed E-state index contributed by atoms with van der Waals surface area (Å²) in [6, 6.07) is 9.12. The van der Waals surface area contributed by atoms with Crippen LogP contribution in [0, 0.1) is 5.92 Å². The molecule has 1 aliphatic rings. The Morgan fingerprint density at radius 2 is 2.17 bits per heavy atom. The SMILES string of the molecule is CC1CCCC(O)(CNC(=O)c2ccccc2)C1. The molecule has 98 valence electrons. The van der Waals surface area contributed by atoms with Crippen molar-refractivity contribution in [3.05, 3.63) is 35.9 Å². The fourth-order valence-electron chi connectivity index (χ4n) is 2.73. The van der Waals surface area contributed by atoms with Crippen molar-refractivity contribution >= 4 is 5.91 Å². The Labute approximate surface area is 108 Å². The number of carbonyl (C=O) groups excluding carboxylic acids is 1. The first-order valence-electron chi connectivity index (χ1n) is 6.65. The fourth-order valence-corrected chi connectivity index (χ4v) is 2.73. The second-order valence-electron chi connectivity index (χ2n) is 5.47. The van der Waals surface area contributed by atoms with Crippen LogP contribution in [0.5, 0.6) is 0 Å². The minimum atomic E-state index is -0.720. The van der Waals surface area contributed by atoms with Gasteiger partial charge in [0.15, 0.2) is 0 Å². The van der Waals surface area contributed by atoms with Crippen molar-refractivity contribution < 1.29 is 9.90 Å². The van der Waals surface area contributed by atoms with Crippen molar-refractivity contribution in [1.82, 2.24) is 5.32 Å². The molecule has 1 aromatic carbocycles. The van der Waals surface area contributed by atoms with E-state index in [1.54, 1.807) is 12.1 Å². The van der Waals surface area contributed by atoms with Gasteiger partial charge in [0.05, 0.1) is 5.60 Å². The summed E-state index contributed by atoms with van der Waals surface area (Å²) in [6.45, 7) is 2.51. The molecule has 1 fully saturated rings. The van der Waals surface area contributed by atoms with E-state index in [2.05, 4.69) is 12.2 Å². The van der Waals surface area contributed by atoms with Crippen LogP contribution in [0.25, 0.3) is 0 Å². The third kappa shape index (κ3) is 3.33. The highest BCUT2D eigenvalue weighted by Crippen LogP contribution is 2.31. The zero-order chi connectivity index (χ0) is 13.0. The fraction of sp³-hybridized carbons (Fsp3) is 0.533. The number of benzene rings is 1. The molecular formula is C15H21NO2. The Morgan fingerprint density at radius 3 is 2.83 bits per heavy atom. The van der Waals surface area contributed by atoms with Crippen LogP contribution < -0.4 is 5.32 Å². The van der Waals surface area contributed by atoms with Crippen molar-refractivity contribution in [3.8, 4) is 0 Å². The van der Waals surface area contributed by atoms with Crippen LogP contribution in [0.2, 0.25) is 0 Å². The summed E-state index contributed by atoms with van der Waals surface area (Å²) in [7, 11) is 0. The zero-order valence-corrected chi connectivity index (χ0v) is 10.9. The molecule has 3 heteroatoms. The van der Waals surface area contributed by atoms with Gasteiger partial charge in [-0.05, 0) is 30.9 Å². The van der Waals surface area contributed by atoms with Gasteiger partial charge in [-0.15, -0.1) is 0 Å². The first kappa shape index (κ1) is 13.1. The minimum Gasteiger partial charge on any atom is -0.388 e. The van der Waals surface area contributed by atoms with Crippen molar-refractivity contribution in [2.24, 2.45) is 5.92 Å². The molecule has 2 N–H and O–H groups in total. The van der Waals surface area contributed by atoms with Crippen LogP contribution in [0.4, 0.5) is 0 Å². The van der Waals surface area contributed by atoms with Gasteiger partial charge in [-0.25, -0.2) is 0 Å². The number of hydrogen-bond donors (Lipinski definition) is 2. The Hall–Kier alpha value is -1.35. The maximum Gasteiger partial charge on any atom is 0.251 e. The normalized spacial score (nSPS) is 27.8. The van der Waals surface area contributed by atoms with Gasteiger partial charge in [-0.3, -0.25) is 4.79 Å². The van der Waals surface area contributed by atoms with E-state index in [9.17, 15) is 9.90 Å². The second-order valence-corrected chi connectivity index (χ2v) is 5.47. The predicted molar refractivity (Wildman–Crippen MR) is 71.4 cm³/mol. The highest BCUT2D eigenvalue weighted by atomic mass is 16.3. The highest BCUT2D eigenvalue weighted by molar-refractivity contribution is 5.94. The summed E-state index contributed by atoms with van der Waals surface area (Å²) < 4.78 is 0. The lowest BCUT2D eigenvalue weighted by atomic mass is 9.79. The summed E-state index contributed by atoms with van der Waals surface area (Å²) in [5.41, 5.74) is -0.0767. The summed E-state index contributed by atoms with van der Waals surface area (Å²) in [5, 5.41) is 13.3. The van der Waals surface area contributed by atoms with Crippen LogP contribution in [0.3, 0.4) is 0 Å². The highest BCUT2D eigenvalue weighted by Gasteiger charge is 2.32. The van der Waals surface area contributed by atoms with Crippen molar-refractivity contribution in [3.63, 3.8) is 0 Å². The largest absolute Gasteiger partial charge is 0.388 e. The lowest BCUT2D eigenvalue weighted by Gasteiger charge is -2.35. The van der Waals surface area contributed by atoms with Crippen LogP contribution in [0.15, 0.2) is 30.3 Å². The Bertz CT molecular complexity index is 404. The van der Waals surface area contributed by atoms with E-state index in [1.807, 2.05) is 18.2 Å². The number of carbonyl (C=O) groups is 1. The summed E-state index contributed by atoms with van der Waals surface area (Å²) >= 11 is 0. The Kier molecular flexibility index (Phi) is 4.02. The third-order valence-corrected chi connectivity index (χ3v) is 3.68. The van der Waals surface area contributed by atoms with Gasteiger partial charge in [0.1, 0.15) is 0 Å². The molecule has 0 aromatic heterocycles. The maximum absolute atomic E-state index is 11.9. The first-order valence-corrected chi connectivity index (χ1v) is 6.65. The Balaban J connectivity index is 1.89. The first-order chi connectivity index (χ1) is 8.59. The zero-order valence-electron chi connectivity index (χ0n) is 10.9. The van der Waals surface area contributed by atoms with Crippen LogP contribution >= 0.6 is 0 Å². The molecular weight excluding hydrogens is 226 g/mol. The number of aliphatic hydroxyl groups is 1. The van der Waals surface area contributed by atoms with E-state index >= 15 is 0 Å². The molecule has 0 bridgehead atoms. The Morgan fingerprint density at radius 1 is 1.44 bits per heavy atom. The van der Waals surface area contributed by atoms with Gasteiger partial charge in [0, 0.05) is 12.1 Å². The molecule has 18 heavy (non-hydrogen) atoms. The van der Waals surface area contributed by atoms with E-state index in [1.165, 1.54) is 6.42 Å². The lowest BCUT2D eigenvalue weighted by molar-refractivity contribution is -0.0109. The van der Waals surface area contributed by atoms with Gasteiger partial charge >= 0.3 is 0 Å². The minimum absolute atomic E-state index is 0.109. The van der Waals surface area contributed by atoms with Crippen molar-refractivity contribution in [2.45, 2.75) is 38.2 Å². The molecule has 0 aliphatic heterocycles. The molecule has 0 saturated heterocycles. The number of nitrogens with one attached hydrogen (secondary N) is 1. The van der Waals surface area contributed by atoms with Crippen LogP contribution in [-0.2, 0) is 0 Å². The average molecular weight is 247 g/mol. The smallest absolute Gasteiger partial charge is 0.251 e. The topological polar surface area (TPSA) is 49.3 Å². The van der Waals surface area contributed by atoms with Gasteiger partial charge in [0.25, 0.3) is 5.91 Å². The van der Waals surface area contributed by atoms with Gasteiger partial charge in [0.2, 0.25) is 0 Å². The molecule has 1 amide bonds. The molecule has 0 radical (unpaired) electrons. The van der Waals surface area contributed by atoms with Crippen molar-refractivity contribution in [2.75, 3.05) is 6.54 Å². The molecule has 0 heterocycles. The van der Waals surface area contributed by atoms with Gasteiger partial charge < -0.3 is 10.4 Å². The molecule has 2 atom stereocenters. The third-order valence-electron chi connectivity index (χ3n) is 3.68. The lowest BCUT2D eigenvalue weighted by Crippen LogP contribution is -2.45. The molecule has 1 saturated carbocycles. The summed E-state index contributed by atoms with van der Waals surface area (Å²) in [4.78, 5) is 11.9. The van der Waals surface area contributed by atoms with Crippen LogP contribution in [0.1, 0.15) is 43.0 Å². The number of hydrogen-bond acceptors (Lipinski definition) is 2.